The molecule has 0 saturated carbocycles. The van der Waals surface area contributed by atoms with E-state index in [0.717, 1.165) is 12.8 Å². The first kappa shape index (κ1) is 20.1. The number of carbonyl (C=O) groups excluding carboxylic acids is 2. The summed E-state index contributed by atoms with van der Waals surface area (Å²) in [5.74, 6) is -1.19. The minimum absolute atomic E-state index is 0.157. The topological polar surface area (TPSA) is 118 Å². The number of anilines is 1. The van der Waals surface area contributed by atoms with E-state index in [4.69, 9.17) is 14.6 Å². The van der Waals surface area contributed by atoms with Gasteiger partial charge < -0.3 is 24.8 Å². The van der Waals surface area contributed by atoms with E-state index < -0.39 is 11.9 Å². The van der Waals surface area contributed by atoms with Gasteiger partial charge in [0.15, 0.2) is 11.5 Å². The van der Waals surface area contributed by atoms with Crippen LogP contribution in [0.15, 0.2) is 30.5 Å². The molecule has 1 aromatic carbocycles. The molecule has 0 bridgehead atoms. The average Bonchev–Trinajstić information content (AvgIpc) is 3.27. The Morgan fingerprint density at radius 1 is 1.07 bits per heavy atom. The second-order valence-electron chi connectivity index (χ2n) is 6.44. The van der Waals surface area contributed by atoms with Gasteiger partial charge in [0, 0.05) is 25.4 Å². The molecule has 1 aromatic heterocycles. The predicted octanol–water partition coefficient (Wildman–Crippen LogP) is 2.29. The van der Waals surface area contributed by atoms with Crippen LogP contribution in [0.2, 0.25) is 0 Å². The second-order valence-corrected chi connectivity index (χ2v) is 6.44. The Morgan fingerprint density at radius 2 is 1.72 bits per heavy atom. The molecular weight excluding hydrogens is 378 g/mol. The van der Waals surface area contributed by atoms with Crippen LogP contribution >= 0.6 is 0 Å². The number of methoxy groups -OCH3 is 2. The standard InChI is InChI=1S/C20H21N3O6/c1-28-16-9-13(19(25)23-7-3-4-8-23)15(10-17(16)29-2)22-18(24)12-5-6-14(20(26)27)21-11-12/h5-6,9-11H,3-4,7-8H2,1-2H3,(H,22,24)(H,26,27). The Kier molecular flexibility index (Phi) is 5.96. The molecule has 1 fully saturated rings. The van der Waals surface area contributed by atoms with Gasteiger partial charge in [-0.1, -0.05) is 0 Å². The number of hydrogen-bond donors (Lipinski definition) is 2. The van der Waals surface area contributed by atoms with E-state index >= 15 is 0 Å². The van der Waals surface area contributed by atoms with Crippen molar-refractivity contribution in [2.24, 2.45) is 0 Å². The van der Waals surface area contributed by atoms with Gasteiger partial charge in [-0.3, -0.25) is 9.59 Å². The Labute approximate surface area is 167 Å². The number of aromatic nitrogens is 1. The van der Waals surface area contributed by atoms with E-state index in [1.165, 1.54) is 38.6 Å². The molecular formula is C20H21N3O6. The highest BCUT2D eigenvalue weighted by Crippen LogP contribution is 2.34. The van der Waals surface area contributed by atoms with E-state index in [0.29, 0.717) is 24.6 Å². The summed E-state index contributed by atoms with van der Waals surface area (Å²) in [6.45, 7) is 1.31. The van der Waals surface area contributed by atoms with E-state index in [9.17, 15) is 14.4 Å². The molecule has 2 heterocycles. The molecule has 9 nitrogen and oxygen atoms in total. The van der Waals surface area contributed by atoms with Gasteiger partial charge in [-0.15, -0.1) is 0 Å². The fraction of sp³-hybridized carbons (Fsp3) is 0.300. The number of carbonyl (C=O) groups is 3. The lowest BCUT2D eigenvalue weighted by molar-refractivity contribution is 0.0689. The maximum atomic E-state index is 13.0. The molecule has 1 aliphatic rings. The van der Waals surface area contributed by atoms with Crippen LogP contribution in [0.5, 0.6) is 11.5 Å². The van der Waals surface area contributed by atoms with Gasteiger partial charge in [0.25, 0.3) is 11.8 Å². The number of rotatable bonds is 6. The minimum atomic E-state index is -1.18. The fourth-order valence-corrected chi connectivity index (χ4v) is 3.10. The van der Waals surface area contributed by atoms with E-state index in [2.05, 4.69) is 10.3 Å². The van der Waals surface area contributed by atoms with Crippen LogP contribution in [0.4, 0.5) is 5.69 Å². The summed E-state index contributed by atoms with van der Waals surface area (Å²) in [5, 5.41) is 11.6. The molecule has 152 valence electrons. The van der Waals surface area contributed by atoms with Crippen LogP contribution in [0.3, 0.4) is 0 Å². The van der Waals surface area contributed by atoms with E-state index in [1.54, 1.807) is 11.0 Å². The number of pyridine rings is 1. The maximum Gasteiger partial charge on any atom is 0.354 e. The molecule has 0 spiro atoms. The van der Waals surface area contributed by atoms with Crippen LogP contribution in [-0.4, -0.2) is 60.1 Å². The van der Waals surface area contributed by atoms with E-state index in [1.807, 2.05) is 0 Å². The second kappa shape index (κ2) is 8.59. The SMILES string of the molecule is COc1cc(NC(=O)c2ccc(C(=O)O)nc2)c(C(=O)N2CCCC2)cc1OC. The number of ether oxygens (including phenoxy) is 2. The number of likely N-dealkylation sites (tertiary alicyclic amines) is 1. The highest BCUT2D eigenvalue weighted by atomic mass is 16.5. The van der Waals surface area contributed by atoms with Crippen molar-refractivity contribution in [1.82, 2.24) is 9.88 Å². The first-order valence-corrected chi connectivity index (χ1v) is 9.00. The summed E-state index contributed by atoms with van der Waals surface area (Å²) in [4.78, 5) is 42.0. The van der Waals surface area contributed by atoms with E-state index in [-0.39, 0.29) is 28.4 Å². The monoisotopic (exact) mass is 399 g/mol. The summed E-state index contributed by atoms with van der Waals surface area (Å²) in [6.07, 6.45) is 3.03. The van der Waals surface area contributed by atoms with Gasteiger partial charge in [0.1, 0.15) is 5.69 Å². The molecule has 0 unspecified atom stereocenters. The van der Waals surface area contributed by atoms with Crippen molar-refractivity contribution in [2.45, 2.75) is 12.8 Å². The number of amides is 2. The van der Waals surface area contributed by atoms with Gasteiger partial charge in [-0.05, 0) is 31.0 Å². The van der Waals surface area contributed by atoms with Gasteiger partial charge >= 0.3 is 5.97 Å². The molecule has 1 saturated heterocycles. The molecule has 3 rings (SSSR count). The quantitative estimate of drug-likeness (QED) is 0.765. The predicted molar refractivity (Wildman–Crippen MR) is 104 cm³/mol. The zero-order valence-corrected chi connectivity index (χ0v) is 16.1. The maximum absolute atomic E-state index is 13.0. The highest BCUT2D eigenvalue weighted by molar-refractivity contribution is 6.09. The van der Waals surface area contributed by atoms with Gasteiger partial charge in [0.05, 0.1) is 31.0 Å². The zero-order chi connectivity index (χ0) is 21.0. The molecule has 2 N–H and O–H groups in total. The number of benzene rings is 1. The normalized spacial score (nSPS) is 13.1. The lowest BCUT2D eigenvalue weighted by Crippen LogP contribution is -2.29. The Balaban J connectivity index is 1.94. The lowest BCUT2D eigenvalue weighted by Gasteiger charge is -2.20. The van der Waals surface area contributed by atoms with Crippen molar-refractivity contribution in [3.63, 3.8) is 0 Å². The molecule has 0 aliphatic carbocycles. The van der Waals surface area contributed by atoms with Crippen molar-refractivity contribution in [3.8, 4) is 11.5 Å². The molecule has 0 radical (unpaired) electrons. The third-order valence-electron chi connectivity index (χ3n) is 4.64. The van der Waals surface area contributed by atoms with Crippen LogP contribution in [0.1, 0.15) is 44.0 Å². The minimum Gasteiger partial charge on any atom is -0.493 e. The van der Waals surface area contributed by atoms with Crippen molar-refractivity contribution in [2.75, 3.05) is 32.6 Å². The zero-order valence-electron chi connectivity index (χ0n) is 16.1. The molecule has 2 aromatic rings. The summed E-state index contributed by atoms with van der Waals surface area (Å²) < 4.78 is 10.6. The Morgan fingerprint density at radius 3 is 2.28 bits per heavy atom. The molecule has 2 amide bonds. The number of carboxylic acid groups (broad SMARTS) is 1. The smallest absolute Gasteiger partial charge is 0.354 e. The number of nitrogens with one attached hydrogen (secondary N) is 1. The summed E-state index contributed by atoms with van der Waals surface area (Å²) in [6, 6.07) is 5.66. The largest absolute Gasteiger partial charge is 0.493 e. The first-order valence-electron chi connectivity index (χ1n) is 9.00. The third kappa shape index (κ3) is 4.29. The number of hydrogen-bond acceptors (Lipinski definition) is 6. The van der Waals surface area contributed by atoms with Crippen molar-refractivity contribution in [1.29, 1.82) is 0 Å². The van der Waals surface area contributed by atoms with Crippen LogP contribution in [-0.2, 0) is 0 Å². The van der Waals surface area contributed by atoms with Crippen molar-refractivity contribution in [3.05, 3.63) is 47.3 Å². The average molecular weight is 399 g/mol. The number of aromatic carboxylic acids is 1. The van der Waals surface area contributed by atoms with Gasteiger partial charge in [0.2, 0.25) is 0 Å². The molecule has 0 atom stereocenters. The highest BCUT2D eigenvalue weighted by Gasteiger charge is 2.25. The fourth-order valence-electron chi connectivity index (χ4n) is 3.10. The summed E-state index contributed by atoms with van der Waals surface area (Å²) in [5.41, 5.74) is 0.543. The lowest BCUT2D eigenvalue weighted by atomic mass is 10.1. The van der Waals surface area contributed by atoms with Gasteiger partial charge in [-0.2, -0.15) is 0 Å². The number of carboxylic acids is 1. The van der Waals surface area contributed by atoms with Crippen LogP contribution in [0.25, 0.3) is 0 Å². The van der Waals surface area contributed by atoms with Crippen molar-refractivity contribution >= 4 is 23.5 Å². The van der Waals surface area contributed by atoms with Gasteiger partial charge in [-0.25, -0.2) is 9.78 Å². The summed E-state index contributed by atoms with van der Waals surface area (Å²) in [7, 11) is 2.93. The van der Waals surface area contributed by atoms with Crippen LogP contribution < -0.4 is 14.8 Å². The Hall–Kier alpha value is -3.62. The number of nitrogens with zero attached hydrogens (tertiary/aromatic N) is 2. The first-order chi connectivity index (χ1) is 13.9. The molecule has 29 heavy (non-hydrogen) atoms. The van der Waals surface area contributed by atoms with Crippen LogP contribution in [0, 0.1) is 0 Å². The third-order valence-corrected chi connectivity index (χ3v) is 4.64. The summed E-state index contributed by atoms with van der Waals surface area (Å²) >= 11 is 0. The molecule has 1 aliphatic heterocycles. The van der Waals surface area contributed by atoms with Crippen molar-refractivity contribution < 1.29 is 29.0 Å². The molecule has 9 heteroatoms. The Bertz CT molecular complexity index is 936.